The molecule has 4 N–H and O–H groups in total. The molecule has 0 aromatic heterocycles. The maximum atomic E-state index is 13.2. The molecule has 2 aliphatic rings. The Hall–Kier alpha value is -3.13. The van der Waals surface area contributed by atoms with Gasteiger partial charge in [0, 0.05) is 18.7 Å². The number of carbonyl (C=O) groups is 2. The van der Waals surface area contributed by atoms with Gasteiger partial charge in [-0.3, -0.25) is 4.79 Å². The molecule has 0 bridgehead atoms. The Bertz CT molecular complexity index is 1010. The van der Waals surface area contributed by atoms with E-state index in [1.807, 2.05) is 12.1 Å². The molecule has 2 aromatic rings. The van der Waals surface area contributed by atoms with E-state index >= 15 is 0 Å². The largest absolute Gasteiger partial charge is 0.495 e. The molecule has 1 heterocycles. The van der Waals surface area contributed by atoms with Crippen LogP contribution in [0.3, 0.4) is 0 Å². The second kappa shape index (κ2) is 9.79. The number of ether oxygens (including phenoxy) is 1. The number of anilines is 1. The summed E-state index contributed by atoms with van der Waals surface area (Å²) in [6, 6.07) is 11.1. The highest BCUT2D eigenvalue weighted by Gasteiger charge is 2.45. The summed E-state index contributed by atoms with van der Waals surface area (Å²) < 4.78 is 18.5. The minimum Gasteiger partial charge on any atom is -0.495 e. The van der Waals surface area contributed by atoms with E-state index in [1.165, 1.54) is 25.3 Å². The number of benzene rings is 2. The molecule has 1 saturated heterocycles. The van der Waals surface area contributed by atoms with Gasteiger partial charge < -0.3 is 26.0 Å². The van der Waals surface area contributed by atoms with E-state index in [2.05, 4.69) is 15.5 Å². The van der Waals surface area contributed by atoms with Crippen LogP contribution in [-0.2, 0) is 6.42 Å². The van der Waals surface area contributed by atoms with E-state index in [-0.39, 0.29) is 17.4 Å². The highest BCUT2D eigenvalue weighted by atomic mass is 19.1. The molecule has 4 rings (SSSR count). The molecular formula is C25H31FN4O3. The number of carbonyl (C=O) groups excluding carboxylic acids is 2. The molecule has 0 unspecified atom stereocenters. The van der Waals surface area contributed by atoms with Crippen molar-refractivity contribution < 1.29 is 18.7 Å². The Balaban J connectivity index is 1.33. The first-order chi connectivity index (χ1) is 15.9. The molecule has 1 aliphatic heterocycles. The van der Waals surface area contributed by atoms with Crippen molar-refractivity contribution in [3.8, 4) is 5.75 Å². The number of nitrogens with zero attached hydrogens (tertiary/aromatic N) is 1. The van der Waals surface area contributed by atoms with Gasteiger partial charge in [0.1, 0.15) is 11.6 Å². The van der Waals surface area contributed by atoms with Gasteiger partial charge in [0.15, 0.2) is 0 Å². The third-order valence-corrected chi connectivity index (χ3v) is 6.53. The van der Waals surface area contributed by atoms with Gasteiger partial charge in [-0.05, 0) is 80.5 Å². The van der Waals surface area contributed by atoms with Crippen LogP contribution in [0.1, 0.15) is 41.6 Å². The van der Waals surface area contributed by atoms with Crippen molar-refractivity contribution in [1.82, 2.24) is 10.2 Å². The zero-order valence-corrected chi connectivity index (χ0v) is 18.9. The number of amides is 3. The molecule has 2 fully saturated rings. The molecule has 33 heavy (non-hydrogen) atoms. The topological polar surface area (TPSA) is 96.7 Å². The molecule has 0 radical (unpaired) electrons. The Morgan fingerprint density at radius 3 is 2.64 bits per heavy atom. The lowest BCUT2D eigenvalue weighted by atomic mass is 9.91. The lowest BCUT2D eigenvalue weighted by molar-refractivity contribution is 0.1000. The zero-order chi connectivity index (χ0) is 23.4. The molecular weight excluding hydrogens is 423 g/mol. The maximum Gasteiger partial charge on any atom is 0.319 e. The van der Waals surface area contributed by atoms with E-state index in [4.69, 9.17) is 10.5 Å². The van der Waals surface area contributed by atoms with Gasteiger partial charge in [-0.1, -0.05) is 12.1 Å². The van der Waals surface area contributed by atoms with E-state index in [9.17, 15) is 14.0 Å². The molecule has 176 valence electrons. The fourth-order valence-electron chi connectivity index (χ4n) is 4.67. The third kappa shape index (κ3) is 6.01. The fourth-order valence-corrected chi connectivity index (χ4v) is 4.67. The minimum atomic E-state index is -0.569. The standard InChI is InChI=1S/C25H31FN4O3/c1-33-22-9-6-19(23(27)31)14-21(22)28-24(32)29-25(10-11-25)16-30-12-2-3-18(15-30)13-17-4-7-20(26)8-5-17/h4-9,14,18H,2-3,10-13,15-16H2,1H3,(H2,27,31)(H2,28,29,32)/t18-/m0/s1. The summed E-state index contributed by atoms with van der Waals surface area (Å²) in [5.74, 6) is 0.206. The van der Waals surface area contributed by atoms with Crippen LogP contribution in [0.15, 0.2) is 42.5 Å². The average Bonchev–Trinajstić information content (AvgIpc) is 3.53. The Morgan fingerprint density at radius 1 is 1.21 bits per heavy atom. The first kappa shape index (κ1) is 23.0. The Labute approximate surface area is 193 Å². The van der Waals surface area contributed by atoms with Crippen LogP contribution in [0.4, 0.5) is 14.9 Å². The van der Waals surface area contributed by atoms with E-state index < -0.39 is 5.91 Å². The molecule has 1 atom stereocenters. The maximum absolute atomic E-state index is 13.2. The number of likely N-dealkylation sites (tertiary alicyclic amines) is 1. The highest BCUT2D eigenvalue weighted by molar-refractivity contribution is 5.97. The highest BCUT2D eigenvalue weighted by Crippen LogP contribution is 2.37. The smallest absolute Gasteiger partial charge is 0.319 e. The van der Waals surface area contributed by atoms with Gasteiger partial charge in [-0.15, -0.1) is 0 Å². The molecule has 1 aliphatic carbocycles. The monoisotopic (exact) mass is 454 g/mol. The fraction of sp³-hybridized carbons (Fsp3) is 0.440. The van der Waals surface area contributed by atoms with E-state index in [0.29, 0.717) is 22.9 Å². The van der Waals surface area contributed by atoms with E-state index in [0.717, 1.165) is 57.3 Å². The van der Waals surface area contributed by atoms with Crippen LogP contribution < -0.4 is 21.1 Å². The number of halogens is 1. The normalized spacial score (nSPS) is 19.5. The summed E-state index contributed by atoms with van der Waals surface area (Å²) in [5.41, 5.74) is 6.98. The van der Waals surface area contributed by atoms with Gasteiger partial charge in [-0.2, -0.15) is 0 Å². The van der Waals surface area contributed by atoms with E-state index in [1.54, 1.807) is 12.1 Å². The molecule has 7 nitrogen and oxygen atoms in total. The second-order valence-electron chi connectivity index (χ2n) is 9.21. The zero-order valence-electron chi connectivity index (χ0n) is 18.9. The lowest BCUT2D eigenvalue weighted by Crippen LogP contribution is -2.49. The van der Waals surface area contributed by atoms with Crippen LogP contribution in [0.25, 0.3) is 0 Å². The summed E-state index contributed by atoms with van der Waals surface area (Å²) in [4.78, 5) is 26.7. The van der Waals surface area contributed by atoms with Crippen LogP contribution in [0.2, 0.25) is 0 Å². The Kier molecular flexibility index (Phi) is 6.83. The van der Waals surface area contributed by atoms with Gasteiger partial charge >= 0.3 is 6.03 Å². The van der Waals surface area contributed by atoms with Crippen LogP contribution in [-0.4, -0.2) is 49.1 Å². The number of rotatable bonds is 8. The number of piperidine rings is 1. The summed E-state index contributed by atoms with van der Waals surface area (Å²) in [7, 11) is 1.50. The number of hydrogen-bond acceptors (Lipinski definition) is 4. The summed E-state index contributed by atoms with van der Waals surface area (Å²) in [5, 5.41) is 5.93. The predicted octanol–water partition coefficient (Wildman–Crippen LogP) is 3.54. The van der Waals surface area contributed by atoms with Crippen LogP contribution >= 0.6 is 0 Å². The summed E-state index contributed by atoms with van der Waals surface area (Å²) >= 11 is 0. The lowest BCUT2D eigenvalue weighted by Gasteiger charge is -2.35. The molecule has 2 aromatic carbocycles. The molecule has 8 heteroatoms. The van der Waals surface area contributed by atoms with Crippen molar-refractivity contribution in [3.05, 3.63) is 59.4 Å². The molecule has 0 spiro atoms. The molecule has 1 saturated carbocycles. The first-order valence-corrected chi connectivity index (χ1v) is 11.4. The SMILES string of the molecule is COc1ccc(C(N)=O)cc1NC(=O)NC1(CN2CCC[C@@H](Cc3ccc(F)cc3)C2)CC1. The number of primary amides is 1. The minimum absolute atomic E-state index is 0.206. The quantitative estimate of drug-likeness (QED) is 0.568. The van der Waals surface area contributed by atoms with Gasteiger partial charge in [0.25, 0.3) is 0 Å². The number of nitrogens with two attached hydrogens (primary N) is 1. The van der Waals surface area contributed by atoms with Crippen molar-refractivity contribution in [3.63, 3.8) is 0 Å². The van der Waals surface area contributed by atoms with Gasteiger partial charge in [0.2, 0.25) is 5.91 Å². The third-order valence-electron chi connectivity index (χ3n) is 6.53. The van der Waals surface area contributed by atoms with Crippen molar-refractivity contribution in [2.75, 3.05) is 32.1 Å². The predicted molar refractivity (Wildman–Crippen MR) is 125 cm³/mol. The van der Waals surface area contributed by atoms with Gasteiger partial charge in [0.05, 0.1) is 18.3 Å². The van der Waals surface area contributed by atoms with Crippen LogP contribution in [0, 0.1) is 11.7 Å². The first-order valence-electron chi connectivity index (χ1n) is 11.4. The number of nitrogens with one attached hydrogen (secondary N) is 2. The van der Waals surface area contributed by atoms with Gasteiger partial charge in [-0.25, -0.2) is 9.18 Å². The summed E-state index contributed by atoms with van der Waals surface area (Å²) in [6.07, 6.45) is 5.07. The van der Waals surface area contributed by atoms with Crippen molar-refractivity contribution in [2.24, 2.45) is 11.7 Å². The van der Waals surface area contributed by atoms with Crippen molar-refractivity contribution in [1.29, 1.82) is 0 Å². The average molecular weight is 455 g/mol. The number of hydrogen-bond donors (Lipinski definition) is 3. The number of methoxy groups -OCH3 is 1. The summed E-state index contributed by atoms with van der Waals surface area (Å²) in [6.45, 7) is 2.79. The van der Waals surface area contributed by atoms with Crippen molar-refractivity contribution >= 4 is 17.6 Å². The number of urea groups is 1. The second-order valence-corrected chi connectivity index (χ2v) is 9.21. The Morgan fingerprint density at radius 2 is 1.97 bits per heavy atom. The molecule has 3 amide bonds. The van der Waals surface area contributed by atoms with Crippen molar-refractivity contribution in [2.45, 2.75) is 37.6 Å². The van der Waals surface area contributed by atoms with Crippen LogP contribution in [0.5, 0.6) is 5.75 Å².